The Kier molecular flexibility index (Phi) is 3.08. The van der Waals surface area contributed by atoms with Gasteiger partial charge in [-0.25, -0.2) is 9.97 Å². The van der Waals surface area contributed by atoms with Gasteiger partial charge in [-0.05, 0) is 17.8 Å². The first-order valence-corrected chi connectivity index (χ1v) is 6.39. The highest BCUT2D eigenvalue weighted by Crippen LogP contribution is 2.31. The minimum Gasteiger partial charge on any atom is -0.245 e. The van der Waals surface area contributed by atoms with Gasteiger partial charge < -0.3 is 0 Å². The molecule has 4 nitrogen and oxygen atoms in total. The maximum atomic E-state index is 6.02. The third kappa shape index (κ3) is 2.14. The average Bonchev–Trinajstić information content (AvgIpc) is 2.44. The van der Waals surface area contributed by atoms with Crippen LogP contribution >= 0.6 is 23.4 Å². The molecule has 88 valence electrons. The van der Waals surface area contributed by atoms with Crippen LogP contribution in [0.25, 0.3) is 10.8 Å². The number of aromatic nitrogens is 4. The number of hydrogen-bond acceptors (Lipinski definition) is 5. The zero-order valence-electron chi connectivity index (χ0n) is 9.12. The molecule has 0 spiro atoms. The van der Waals surface area contributed by atoms with Crippen LogP contribution < -0.4 is 0 Å². The molecule has 0 bridgehead atoms. The van der Waals surface area contributed by atoms with E-state index < -0.39 is 0 Å². The van der Waals surface area contributed by atoms with Crippen molar-refractivity contribution in [1.82, 2.24) is 20.2 Å². The summed E-state index contributed by atoms with van der Waals surface area (Å²) in [6.45, 7) is 0. The Labute approximate surface area is 112 Å². The fourth-order valence-corrected chi connectivity index (χ4v) is 2.56. The lowest BCUT2D eigenvalue weighted by Crippen LogP contribution is -1.90. The van der Waals surface area contributed by atoms with E-state index in [-0.39, 0.29) is 0 Å². The molecule has 0 aliphatic carbocycles. The topological polar surface area (TPSA) is 51.6 Å². The maximum Gasteiger partial charge on any atom is 0.159 e. The summed E-state index contributed by atoms with van der Waals surface area (Å²) in [5, 5.41) is 12.0. The van der Waals surface area contributed by atoms with Crippen LogP contribution in [0.1, 0.15) is 0 Å². The Morgan fingerprint density at radius 1 is 1.00 bits per heavy atom. The quantitative estimate of drug-likeness (QED) is 0.672. The first-order chi connectivity index (χ1) is 8.84. The summed E-state index contributed by atoms with van der Waals surface area (Å²) in [5.74, 6) is 0. The average molecular weight is 275 g/mol. The Balaban J connectivity index is 2.10. The molecule has 0 aliphatic rings. The van der Waals surface area contributed by atoms with E-state index in [1.165, 1.54) is 18.1 Å². The zero-order chi connectivity index (χ0) is 12.4. The summed E-state index contributed by atoms with van der Waals surface area (Å²) in [6.07, 6.45) is 3.20. The van der Waals surface area contributed by atoms with Crippen LogP contribution in [0.4, 0.5) is 0 Å². The molecular weight excluding hydrogens is 268 g/mol. The van der Waals surface area contributed by atoms with Gasteiger partial charge >= 0.3 is 0 Å². The van der Waals surface area contributed by atoms with Gasteiger partial charge in [0.2, 0.25) is 0 Å². The maximum absolute atomic E-state index is 6.02. The molecule has 0 saturated carbocycles. The van der Waals surface area contributed by atoms with Gasteiger partial charge in [0.15, 0.2) is 5.15 Å². The van der Waals surface area contributed by atoms with Crippen LogP contribution in [0, 0.1) is 0 Å². The Hall–Kier alpha value is -1.72. The molecule has 0 fully saturated rings. The second-order valence-electron chi connectivity index (χ2n) is 3.49. The van der Waals surface area contributed by atoms with E-state index in [2.05, 4.69) is 20.2 Å². The van der Waals surface area contributed by atoms with Gasteiger partial charge in [-0.1, -0.05) is 35.9 Å². The Morgan fingerprint density at radius 2 is 1.83 bits per heavy atom. The van der Waals surface area contributed by atoms with Gasteiger partial charge in [0.1, 0.15) is 16.4 Å². The molecule has 3 rings (SSSR count). The summed E-state index contributed by atoms with van der Waals surface area (Å²) in [5.41, 5.74) is 0. The van der Waals surface area contributed by atoms with Crippen LogP contribution in [-0.2, 0) is 0 Å². The highest BCUT2D eigenvalue weighted by atomic mass is 35.5. The number of halogens is 1. The predicted octanol–water partition coefficient (Wildman–Crippen LogP) is 3.22. The molecule has 0 radical (unpaired) electrons. The monoisotopic (exact) mass is 274 g/mol. The highest BCUT2D eigenvalue weighted by Gasteiger charge is 2.09. The summed E-state index contributed by atoms with van der Waals surface area (Å²) < 4.78 is 0. The number of rotatable bonds is 2. The van der Waals surface area contributed by atoms with E-state index in [1.807, 2.05) is 30.3 Å². The molecule has 18 heavy (non-hydrogen) atoms. The summed E-state index contributed by atoms with van der Waals surface area (Å²) >= 11 is 7.47. The van der Waals surface area contributed by atoms with Crippen molar-refractivity contribution >= 4 is 34.1 Å². The summed E-state index contributed by atoms with van der Waals surface area (Å²) in [7, 11) is 0. The minimum atomic E-state index is 0.414. The van der Waals surface area contributed by atoms with Crippen molar-refractivity contribution in [3.63, 3.8) is 0 Å². The van der Waals surface area contributed by atoms with Gasteiger partial charge in [0, 0.05) is 17.0 Å². The number of nitrogens with zero attached hydrogens (tertiary/aromatic N) is 4. The van der Waals surface area contributed by atoms with E-state index in [0.717, 1.165) is 20.8 Å². The molecule has 0 amide bonds. The van der Waals surface area contributed by atoms with E-state index in [9.17, 15) is 0 Å². The van der Waals surface area contributed by atoms with Crippen molar-refractivity contribution in [2.75, 3.05) is 0 Å². The van der Waals surface area contributed by atoms with Crippen molar-refractivity contribution in [1.29, 1.82) is 0 Å². The third-order valence-electron chi connectivity index (χ3n) is 2.36. The normalized spacial score (nSPS) is 10.7. The highest BCUT2D eigenvalue weighted by molar-refractivity contribution is 7.99. The molecule has 3 aromatic rings. The lowest BCUT2D eigenvalue weighted by atomic mass is 10.2. The molecule has 2 heterocycles. The number of fused-ring (bicyclic) bond motifs is 1. The zero-order valence-corrected chi connectivity index (χ0v) is 10.7. The molecule has 0 saturated heterocycles. The van der Waals surface area contributed by atoms with Crippen LogP contribution in [0.15, 0.2) is 52.9 Å². The van der Waals surface area contributed by atoms with E-state index in [0.29, 0.717) is 5.15 Å². The molecule has 0 atom stereocenters. The fraction of sp³-hybridized carbons (Fsp3) is 0. The number of benzene rings is 1. The van der Waals surface area contributed by atoms with Crippen molar-refractivity contribution in [2.24, 2.45) is 0 Å². The molecule has 6 heteroatoms. The Bertz CT molecular complexity index is 690. The van der Waals surface area contributed by atoms with Gasteiger partial charge in [0.05, 0.1) is 0 Å². The Morgan fingerprint density at radius 3 is 2.61 bits per heavy atom. The largest absolute Gasteiger partial charge is 0.245 e. The first kappa shape index (κ1) is 11.4. The lowest BCUT2D eigenvalue weighted by Gasteiger charge is -2.04. The van der Waals surface area contributed by atoms with Crippen molar-refractivity contribution in [3.05, 3.63) is 48.0 Å². The fourth-order valence-electron chi connectivity index (χ4n) is 1.56. The molecular formula is C12H7ClN4S. The van der Waals surface area contributed by atoms with Gasteiger partial charge in [0.25, 0.3) is 0 Å². The van der Waals surface area contributed by atoms with Gasteiger partial charge in [-0.2, -0.15) is 0 Å². The van der Waals surface area contributed by atoms with Crippen molar-refractivity contribution in [3.8, 4) is 0 Å². The van der Waals surface area contributed by atoms with Crippen LogP contribution in [0.5, 0.6) is 0 Å². The van der Waals surface area contributed by atoms with E-state index >= 15 is 0 Å². The van der Waals surface area contributed by atoms with Crippen LogP contribution in [0.3, 0.4) is 0 Å². The summed E-state index contributed by atoms with van der Waals surface area (Å²) in [6, 6.07) is 9.60. The van der Waals surface area contributed by atoms with E-state index in [4.69, 9.17) is 11.6 Å². The smallest absolute Gasteiger partial charge is 0.159 e. The molecule has 2 aromatic heterocycles. The molecule has 1 aromatic carbocycles. The van der Waals surface area contributed by atoms with Crippen molar-refractivity contribution < 1.29 is 0 Å². The standard InChI is InChI=1S/C12H7ClN4S/c13-11-8-3-1-2-4-9(8)12(17-16-11)18-10-5-6-14-7-15-10/h1-7H. The molecule has 0 unspecified atom stereocenters. The van der Waals surface area contributed by atoms with Crippen LogP contribution in [0.2, 0.25) is 5.15 Å². The molecule has 0 N–H and O–H groups in total. The number of hydrogen-bond donors (Lipinski definition) is 0. The van der Waals surface area contributed by atoms with E-state index in [1.54, 1.807) is 6.20 Å². The SMILES string of the molecule is Clc1nnc(Sc2ccncn2)c2ccccc12. The van der Waals surface area contributed by atoms with Crippen molar-refractivity contribution in [2.45, 2.75) is 10.1 Å². The van der Waals surface area contributed by atoms with Gasteiger partial charge in [-0.15, -0.1) is 10.2 Å². The van der Waals surface area contributed by atoms with Crippen LogP contribution in [-0.4, -0.2) is 20.2 Å². The lowest BCUT2D eigenvalue weighted by molar-refractivity contribution is 0.950. The third-order valence-corrected chi connectivity index (χ3v) is 3.59. The second-order valence-corrected chi connectivity index (χ2v) is 4.86. The molecule has 0 aliphatic heterocycles. The second kappa shape index (κ2) is 4.88. The first-order valence-electron chi connectivity index (χ1n) is 5.19. The predicted molar refractivity (Wildman–Crippen MR) is 70.7 cm³/mol. The minimum absolute atomic E-state index is 0.414. The summed E-state index contributed by atoms with van der Waals surface area (Å²) in [4.78, 5) is 8.04. The van der Waals surface area contributed by atoms with Gasteiger partial charge in [-0.3, -0.25) is 0 Å².